The number of carboxylic acid groups (broad SMARTS) is 1. The Kier molecular flexibility index (Phi) is 13.7. The minimum Gasteiger partial charge on any atom is -0.481 e. The third-order valence-electron chi connectivity index (χ3n) is 6.42. The van der Waals surface area contributed by atoms with E-state index in [0.29, 0.717) is 13.0 Å². The van der Waals surface area contributed by atoms with E-state index in [1.54, 1.807) is 6.92 Å². The molecule has 0 spiro atoms. The molecule has 1 aliphatic carbocycles. The monoisotopic (exact) mass is 547 g/mol. The maximum absolute atomic E-state index is 13.4. The molecule has 6 unspecified atom stereocenters. The van der Waals surface area contributed by atoms with Crippen LogP contribution in [0.15, 0.2) is 24.3 Å². The number of halogens is 3. The number of H-pyrrole nitrogens is 1. The van der Waals surface area contributed by atoms with E-state index < -0.39 is 17.8 Å². The van der Waals surface area contributed by atoms with Gasteiger partial charge in [-0.05, 0) is 18.3 Å². The van der Waals surface area contributed by atoms with Crippen LogP contribution in [-0.2, 0) is 9.53 Å². The van der Waals surface area contributed by atoms with Gasteiger partial charge in [-0.1, -0.05) is 114 Å². The van der Waals surface area contributed by atoms with Crippen LogP contribution in [0, 0.1) is 35.5 Å². The van der Waals surface area contributed by atoms with Crippen molar-refractivity contribution >= 4 is 46.6 Å². The Labute approximate surface area is 225 Å². The van der Waals surface area contributed by atoms with Gasteiger partial charge in [-0.15, -0.1) is 0 Å². The third-order valence-corrected chi connectivity index (χ3v) is 7.65. The second kappa shape index (κ2) is 15.1. The zero-order valence-electron chi connectivity index (χ0n) is 21.8. The van der Waals surface area contributed by atoms with Gasteiger partial charge in [0.25, 0.3) is 0 Å². The van der Waals surface area contributed by atoms with Crippen molar-refractivity contribution in [1.82, 2.24) is 4.98 Å². The van der Waals surface area contributed by atoms with Crippen LogP contribution in [0.3, 0.4) is 0 Å². The number of aliphatic carboxylic acids is 1. The summed E-state index contributed by atoms with van der Waals surface area (Å²) in [4.78, 5) is 27.3. The fraction of sp³-hybridized carbons (Fsp3) is 0.630. The summed E-state index contributed by atoms with van der Waals surface area (Å²) in [6, 6.07) is 0. The predicted octanol–water partition coefficient (Wildman–Crippen LogP) is 8.36. The molecule has 2 aliphatic rings. The zero-order chi connectivity index (χ0) is 26.9. The molecule has 0 aromatic carbocycles. The minimum atomic E-state index is -0.850. The second-order valence-electron chi connectivity index (χ2n) is 9.35. The molecule has 198 valence electrons. The van der Waals surface area contributed by atoms with Gasteiger partial charge in [0.15, 0.2) is 5.78 Å². The minimum absolute atomic E-state index is 0.0130. The van der Waals surface area contributed by atoms with Gasteiger partial charge in [0, 0.05) is 17.8 Å². The Hall–Kier alpha value is -1.27. The van der Waals surface area contributed by atoms with Crippen molar-refractivity contribution in [2.45, 2.75) is 67.4 Å². The average molecular weight is 549 g/mol. The molecule has 1 aromatic rings. The van der Waals surface area contributed by atoms with Crippen LogP contribution < -0.4 is 0 Å². The number of allylic oxidation sites excluding steroid dienone is 3. The van der Waals surface area contributed by atoms with Gasteiger partial charge in [0.1, 0.15) is 10.8 Å². The highest BCUT2D eigenvalue weighted by Crippen LogP contribution is 2.45. The van der Waals surface area contributed by atoms with E-state index in [9.17, 15) is 9.59 Å². The molecule has 35 heavy (non-hydrogen) atoms. The summed E-state index contributed by atoms with van der Waals surface area (Å²) in [6.07, 6.45) is 9.23. The molecular weight excluding hydrogens is 509 g/mol. The van der Waals surface area contributed by atoms with Crippen molar-refractivity contribution in [2.24, 2.45) is 35.5 Å². The lowest BCUT2D eigenvalue weighted by Gasteiger charge is -2.35. The maximum atomic E-state index is 13.4. The number of ketones is 1. The Morgan fingerprint density at radius 3 is 2.26 bits per heavy atom. The lowest BCUT2D eigenvalue weighted by molar-refractivity contribution is -0.140. The first-order valence-corrected chi connectivity index (χ1v) is 13.6. The van der Waals surface area contributed by atoms with Crippen LogP contribution >= 0.6 is 34.8 Å². The zero-order valence-corrected chi connectivity index (χ0v) is 24.0. The van der Waals surface area contributed by atoms with Crippen molar-refractivity contribution in [3.05, 3.63) is 45.2 Å². The Morgan fingerprint density at radius 2 is 1.77 bits per heavy atom. The van der Waals surface area contributed by atoms with Crippen molar-refractivity contribution in [3.63, 3.8) is 0 Å². The number of fused-ring (bicyclic) bond motifs is 1. The molecule has 2 N–H and O–H groups in total. The molecular formula is C27H40Cl3NO4. The molecule has 1 aliphatic heterocycles. The normalized spacial score (nSPS) is 26.0. The highest BCUT2D eigenvalue weighted by Gasteiger charge is 2.47. The van der Waals surface area contributed by atoms with Gasteiger partial charge in [0.05, 0.1) is 28.7 Å². The Morgan fingerprint density at radius 1 is 1.17 bits per heavy atom. The molecule has 1 saturated heterocycles. The summed E-state index contributed by atoms with van der Waals surface area (Å²) in [5.41, 5.74) is 0.201. The molecule has 0 saturated carbocycles. The Bertz CT molecular complexity index is 893. The number of aromatic amines is 1. The second-order valence-corrected chi connectivity index (χ2v) is 10.5. The molecule has 8 heteroatoms. The number of rotatable bonds is 7. The standard InChI is InChI=1S/C20H22Cl3NO4.C5H12.C2H6/c1-9(20(26)27)4-3-5-11-6-7-12-13(10(2)8-28-12)14(11)18(25)17-15(21)16(22)19(23)24-17;1-4-5(2)3;1-2/h3,5-7,9-14,24H,4,8H2,1-2H3,(H,26,27);5H,4H2,1-3H3;1-2H3/b5-3+;;. The summed E-state index contributed by atoms with van der Waals surface area (Å²) in [5.74, 6) is -1.06. The van der Waals surface area contributed by atoms with Gasteiger partial charge in [-0.2, -0.15) is 0 Å². The predicted molar refractivity (Wildman–Crippen MR) is 146 cm³/mol. The first kappa shape index (κ1) is 31.8. The van der Waals surface area contributed by atoms with Crippen LogP contribution in [0.2, 0.25) is 15.2 Å². The quantitative estimate of drug-likeness (QED) is 0.265. The number of Topliss-reactive ketones (excluding diaryl/α,β-unsaturated/α-hetero) is 1. The molecule has 0 radical (unpaired) electrons. The van der Waals surface area contributed by atoms with Gasteiger partial charge in [-0.3, -0.25) is 9.59 Å². The van der Waals surface area contributed by atoms with Crippen molar-refractivity contribution in [1.29, 1.82) is 0 Å². The number of carbonyl (C=O) groups excluding carboxylic acids is 1. The number of carbonyl (C=O) groups is 2. The van der Waals surface area contributed by atoms with Crippen molar-refractivity contribution < 1.29 is 19.4 Å². The SMILES string of the molecule is CC.CC(C/C=C/C1C=CC2OCC(C)C2C1C(=O)c1[nH]c(Cl)c(Cl)c1Cl)C(=O)O.CCC(C)C. The van der Waals surface area contributed by atoms with E-state index in [4.69, 9.17) is 44.6 Å². The van der Waals surface area contributed by atoms with Crippen LogP contribution in [-0.4, -0.2) is 34.6 Å². The first-order valence-electron chi connectivity index (χ1n) is 12.5. The van der Waals surface area contributed by atoms with Crippen LogP contribution in [0.4, 0.5) is 0 Å². The van der Waals surface area contributed by atoms with Crippen LogP contribution in [0.1, 0.15) is 71.8 Å². The highest BCUT2D eigenvalue weighted by atomic mass is 35.5. The van der Waals surface area contributed by atoms with E-state index in [2.05, 4.69) is 32.7 Å². The number of aromatic nitrogens is 1. The topological polar surface area (TPSA) is 79.4 Å². The van der Waals surface area contributed by atoms with E-state index in [1.807, 2.05) is 38.2 Å². The summed E-state index contributed by atoms with van der Waals surface area (Å²) < 4.78 is 5.83. The molecule has 6 atom stereocenters. The smallest absolute Gasteiger partial charge is 0.306 e. The van der Waals surface area contributed by atoms with Crippen molar-refractivity contribution in [3.8, 4) is 0 Å². The van der Waals surface area contributed by atoms with E-state index >= 15 is 0 Å². The maximum Gasteiger partial charge on any atom is 0.306 e. The molecule has 0 bridgehead atoms. The van der Waals surface area contributed by atoms with E-state index in [0.717, 1.165) is 5.92 Å². The van der Waals surface area contributed by atoms with Gasteiger partial charge < -0.3 is 14.8 Å². The van der Waals surface area contributed by atoms with Crippen molar-refractivity contribution in [2.75, 3.05) is 6.61 Å². The Balaban J connectivity index is 0.000000779. The molecule has 0 amide bonds. The number of carboxylic acids is 1. The lowest BCUT2D eigenvalue weighted by atomic mass is 9.68. The largest absolute Gasteiger partial charge is 0.481 e. The molecule has 3 rings (SSSR count). The van der Waals surface area contributed by atoms with Gasteiger partial charge in [-0.25, -0.2) is 0 Å². The third kappa shape index (κ3) is 8.38. The number of hydrogen-bond donors (Lipinski definition) is 2. The summed E-state index contributed by atoms with van der Waals surface area (Å²) in [7, 11) is 0. The summed E-state index contributed by atoms with van der Waals surface area (Å²) >= 11 is 18.3. The first-order chi connectivity index (χ1) is 16.5. The van der Waals surface area contributed by atoms with Gasteiger partial charge >= 0.3 is 5.97 Å². The van der Waals surface area contributed by atoms with E-state index in [1.165, 1.54) is 6.42 Å². The summed E-state index contributed by atoms with van der Waals surface area (Å²) in [5, 5.41) is 9.45. The number of hydrogen-bond acceptors (Lipinski definition) is 3. The molecule has 5 nitrogen and oxygen atoms in total. The van der Waals surface area contributed by atoms with Crippen LogP contribution in [0.25, 0.3) is 0 Å². The fourth-order valence-corrected chi connectivity index (χ4v) is 4.62. The fourth-order valence-electron chi connectivity index (χ4n) is 4.00. The highest BCUT2D eigenvalue weighted by molar-refractivity contribution is 6.49. The number of nitrogens with one attached hydrogen (secondary N) is 1. The molecule has 1 fully saturated rings. The summed E-state index contributed by atoms with van der Waals surface area (Å²) in [6.45, 7) is 14.9. The van der Waals surface area contributed by atoms with E-state index in [-0.39, 0.29) is 50.5 Å². The average Bonchev–Trinajstić information content (AvgIpc) is 3.34. The molecule has 1 aromatic heterocycles. The van der Waals surface area contributed by atoms with Gasteiger partial charge in [0.2, 0.25) is 0 Å². The van der Waals surface area contributed by atoms with Crippen LogP contribution in [0.5, 0.6) is 0 Å². The molecule has 2 heterocycles. The number of ether oxygens (including phenoxy) is 1. The lowest BCUT2D eigenvalue weighted by Crippen LogP contribution is -2.39.